The molecule has 0 radical (unpaired) electrons. The maximum absolute atomic E-state index is 13.3. The van der Waals surface area contributed by atoms with Crippen LogP contribution in [0.5, 0.6) is 11.5 Å². The molecular formula is C10H14BFO4. The highest BCUT2D eigenvalue weighted by atomic mass is 19.1. The number of hydrogen-bond donors (Lipinski definition) is 2. The fourth-order valence-electron chi connectivity index (χ4n) is 1.25. The van der Waals surface area contributed by atoms with Gasteiger partial charge >= 0.3 is 7.12 Å². The maximum atomic E-state index is 13.3. The molecule has 0 saturated heterocycles. The van der Waals surface area contributed by atoms with Gasteiger partial charge in [-0.1, -0.05) is 0 Å². The van der Waals surface area contributed by atoms with E-state index in [0.717, 1.165) is 6.07 Å². The van der Waals surface area contributed by atoms with Crippen molar-refractivity contribution < 1.29 is 23.9 Å². The van der Waals surface area contributed by atoms with E-state index >= 15 is 0 Å². The van der Waals surface area contributed by atoms with Crippen molar-refractivity contribution in [3.8, 4) is 11.5 Å². The molecule has 1 aromatic carbocycles. The van der Waals surface area contributed by atoms with E-state index in [4.69, 9.17) is 19.5 Å². The number of methoxy groups -OCH3 is 1. The summed E-state index contributed by atoms with van der Waals surface area (Å²) in [5, 5.41) is 17.9. The maximum Gasteiger partial charge on any atom is 0.491 e. The van der Waals surface area contributed by atoms with Crippen LogP contribution in [0.1, 0.15) is 13.8 Å². The normalized spacial score (nSPS) is 10.4. The minimum atomic E-state index is -1.87. The standard InChI is InChI=1S/C10H14BFO4/c1-6(2)16-10-4-7(11(13)14)8(12)5-9(10)15-3/h4-6,13-14H,1-3H3. The van der Waals surface area contributed by atoms with E-state index < -0.39 is 12.9 Å². The van der Waals surface area contributed by atoms with Gasteiger partial charge in [0.25, 0.3) is 0 Å². The predicted octanol–water partition coefficient (Wildman–Crippen LogP) is 0.301. The lowest BCUT2D eigenvalue weighted by molar-refractivity contribution is 0.229. The summed E-state index contributed by atoms with van der Waals surface area (Å²) in [5.74, 6) is -0.249. The van der Waals surface area contributed by atoms with Crippen molar-refractivity contribution in [3.63, 3.8) is 0 Å². The van der Waals surface area contributed by atoms with Crippen molar-refractivity contribution >= 4 is 12.6 Å². The largest absolute Gasteiger partial charge is 0.493 e. The van der Waals surface area contributed by atoms with Gasteiger partial charge < -0.3 is 19.5 Å². The van der Waals surface area contributed by atoms with Gasteiger partial charge in [0.05, 0.1) is 13.2 Å². The Balaban J connectivity index is 3.17. The highest BCUT2D eigenvalue weighted by Crippen LogP contribution is 2.27. The molecule has 88 valence electrons. The molecule has 0 spiro atoms. The minimum Gasteiger partial charge on any atom is -0.493 e. The Morgan fingerprint density at radius 3 is 2.31 bits per heavy atom. The molecule has 1 rings (SSSR count). The van der Waals surface area contributed by atoms with Crippen molar-refractivity contribution in [1.29, 1.82) is 0 Å². The van der Waals surface area contributed by atoms with Crippen LogP contribution in [0.3, 0.4) is 0 Å². The Hall–Kier alpha value is -1.27. The third-order valence-electron chi connectivity index (χ3n) is 1.92. The second kappa shape index (κ2) is 5.18. The molecule has 16 heavy (non-hydrogen) atoms. The van der Waals surface area contributed by atoms with Gasteiger partial charge in [-0.3, -0.25) is 0 Å². The molecule has 0 unspecified atom stereocenters. The van der Waals surface area contributed by atoms with Crippen LogP contribution in [-0.4, -0.2) is 30.4 Å². The molecule has 6 heteroatoms. The average Bonchev–Trinajstić information content (AvgIpc) is 2.18. The SMILES string of the molecule is COc1cc(F)c(B(O)O)cc1OC(C)C. The summed E-state index contributed by atoms with van der Waals surface area (Å²) in [7, 11) is -0.489. The monoisotopic (exact) mass is 228 g/mol. The van der Waals surface area contributed by atoms with Gasteiger partial charge in [-0.05, 0) is 19.9 Å². The van der Waals surface area contributed by atoms with E-state index in [0.29, 0.717) is 0 Å². The third-order valence-corrected chi connectivity index (χ3v) is 1.92. The first-order chi connectivity index (χ1) is 7.45. The van der Waals surface area contributed by atoms with Crippen molar-refractivity contribution in [2.45, 2.75) is 20.0 Å². The van der Waals surface area contributed by atoms with E-state index in [2.05, 4.69) is 0 Å². The molecule has 0 aliphatic heterocycles. The summed E-state index contributed by atoms with van der Waals surface area (Å²) in [5.41, 5.74) is -0.239. The Labute approximate surface area is 93.8 Å². The molecule has 2 N–H and O–H groups in total. The molecule has 0 heterocycles. The fourth-order valence-corrected chi connectivity index (χ4v) is 1.25. The Bertz CT molecular complexity index is 368. The molecular weight excluding hydrogens is 214 g/mol. The average molecular weight is 228 g/mol. The van der Waals surface area contributed by atoms with Gasteiger partial charge in [-0.15, -0.1) is 0 Å². The summed E-state index contributed by atoms with van der Waals surface area (Å²) in [6.07, 6.45) is -0.122. The number of ether oxygens (including phenoxy) is 2. The van der Waals surface area contributed by atoms with Crippen LogP contribution in [0, 0.1) is 5.82 Å². The first-order valence-corrected chi connectivity index (χ1v) is 4.86. The number of halogens is 1. The van der Waals surface area contributed by atoms with Crippen LogP contribution in [0.25, 0.3) is 0 Å². The van der Waals surface area contributed by atoms with Crippen molar-refractivity contribution in [2.75, 3.05) is 7.11 Å². The Morgan fingerprint density at radius 1 is 1.25 bits per heavy atom. The van der Waals surface area contributed by atoms with E-state index in [1.807, 2.05) is 0 Å². The third kappa shape index (κ3) is 2.87. The molecule has 4 nitrogen and oxygen atoms in total. The lowest BCUT2D eigenvalue weighted by atomic mass is 9.79. The molecule has 0 bridgehead atoms. The first-order valence-electron chi connectivity index (χ1n) is 4.86. The van der Waals surface area contributed by atoms with E-state index in [9.17, 15) is 4.39 Å². The van der Waals surface area contributed by atoms with Gasteiger partial charge in [0, 0.05) is 11.5 Å². The van der Waals surface area contributed by atoms with Crippen LogP contribution >= 0.6 is 0 Å². The van der Waals surface area contributed by atoms with Crippen LogP contribution in [0.4, 0.5) is 4.39 Å². The van der Waals surface area contributed by atoms with Crippen molar-refractivity contribution in [2.24, 2.45) is 0 Å². The van der Waals surface area contributed by atoms with Crippen LogP contribution < -0.4 is 14.9 Å². The smallest absolute Gasteiger partial charge is 0.491 e. The van der Waals surface area contributed by atoms with Gasteiger partial charge in [0.1, 0.15) is 5.82 Å². The molecule has 1 aromatic rings. The van der Waals surface area contributed by atoms with Gasteiger partial charge in [-0.2, -0.15) is 0 Å². The molecule has 0 fully saturated rings. The molecule has 0 aromatic heterocycles. The summed E-state index contributed by atoms with van der Waals surface area (Å²) < 4.78 is 23.7. The number of benzene rings is 1. The lowest BCUT2D eigenvalue weighted by Gasteiger charge is -2.15. The van der Waals surface area contributed by atoms with Crippen LogP contribution in [0.15, 0.2) is 12.1 Å². The molecule has 0 amide bonds. The molecule has 0 saturated carbocycles. The van der Waals surface area contributed by atoms with Crippen LogP contribution in [0.2, 0.25) is 0 Å². The number of rotatable bonds is 4. The van der Waals surface area contributed by atoms with Gasteiger partial charge in [-0.25, -0.2) is 4.39 Å². The van der Waals surface area contributed by atoms with E-state index in [1.54, 1.807) is 13.8 Å². The first kappa shape index (κ1) is 12.8. The summed E-state index contributed by atoms with van der Waals surface area (Å²) in [4.78, 5) is 0. The predicted molar refractivity (Wildman–Crippen MR) is 58.5 cm³/mol. The minimum absolute atomic E-state index is 0.122. The topological polar surface area (TPSA) is 58.9 Å². The molecule has 0 aliphatic rings. The highest BCUT2D eigenvalue weighted by molar-refractivity contribution is 6.58. The van der Waals surface area contributed by atoms with E-state index in [-0.39, 0.29) is 23.1 Å². The highest BCUT2D eigenvalue weighted by Gasteiger charge is 2.20. The van der Waals surface area contributed by atoms with Crippen molar-refractivity contribution in [1.82, 2.24) is 0 Å². The quantitative estimate of drug-likeness (QED) is 0.727. The Kier molecular flexibility index (Phi) is 4.15. The second-order valence-corrected chi connectivity index (χ2v) is 3.56. The zero-order chi connectivity index (χ0) is 12.3. The zero-order valence-electron chi connectivity index (χ0n) is 9.40. The zero-order valence-corrected chi connectivity index (χ0v) is 9.40. The van der Waals surface area contributed by atoms with Crippen molar-refractivity contribution in [3.05, 3.63) is 17.9 Å². The molecule has 0 aliphatic carbocycles. The lowest BCUT2D eigenvalue weighted by Crippen LogP contribution is -2.33. The van der Waals surface area contributed by atoms with E-state index in [1.165, 1.54) is 13.2 Å². The number of hydrogen-bond acceptors (Lipinski definition) is 4. The van der Waals surface area contributed by atoms with Gasteiger partial charge in [0.2, 0.25) is 0 Å². The summed E-state index contributed by atoms with van der Waals surface area (Å²) in [6, 6.07) is 2.28. The second-order valence-electron chi connectivity index (χ2n) is 3.56. The summed E-state index contributed by atoms with van der Waals surface area (Å²) in [6.45, 7) is 3.61. The fraction of sp³-hybridized carbons (Fsp3) is 0.400. The summed E-state index contributed by atoms with van der Waals surface area (Å²) >= 11 is 0. The van der Waals surface area contributed by atoms with Gasteiger partial charge in [0.15, 0.2) is 11.5 Å². The van der Waals surface area contributed by atoms with Crippen LogP contribution in [-0.2, 0) is 0 Å². The molecule has 0 atom stereocenters. The Morgan fingerprint density at radius 2 is 1.88 bits per heavy atom.